The van der Waals surface area contributed by atoms with Crippen LogP contribution in [0.25, 0.3) is 0 Å². The van der Waals surface area contributed by atoms with E-state index in [-0.39, 0.29) is 30.3 Å². The molecule has 2 atom stereocenters. The quantitative estimate of drug-likeness (QED) is 0.479. The summed E-state index contributed by atoms with van der Waals surface area (Å²) in [5, 5.41) is 0. The van der Waals surface area contributed by atoms with Crippen molar-refractivity contribution in [1.29, 1.82) is 0 Å². The SMILES string of the molecule is COc1cc(C(=O)N2C[C@H]3OCCN(C(=O)c4ccc(C#Cc5ccccc5)cc4)[C@H]3C2)c(F)c(OC)c1F. The number of ether oxygens (including phenoxy) is 3. The first-order chi connectivity index (χ1) is 18.9. The van der Waals surface area contributed by atoms with Crippen LogP contribution in [-0.4, -0.2) is 74.2 Å². The number of methoxy groups -OCH3 is 2. The van der Waals surface area contributed by atoms with Gasteiger partial charge in [-0.3, -0.25) is 9.59 Å². The fourth-order valence-corrected chi connectivity index (χ4v) is 4.88. The van der Waals surface area contributed by atoms with Crippen molar-refractivity contribution in [3.8, 4) is 23.3 Å². The summed E-state index contributed by atoms with van der Waals surface area (Å²) in [7, 11) is 2.33. The number of likely N-dealkylation sites (tertiary alicyclic amines) is 1. The molecule has 3 aromatic rings. The highest BCUT2D eigenvalue weighted by atomic mass is 19.1. The number of fused-ring (bicyclic) bond motifs is 1. The highest BCUT2D eigenvalue weighted by Crippen LogP contribution is 2.34. The van der Waals surface area contributed by atoms with Crippen LogP contribution < -0.4 is 9.47 Å². The molecule has 0 spiro atoms. The van der Waals surface area contributed by atoms with Crippen LogP contribution >= 0.6 is 0 Å². The van der Waals surface area contributed by atoms with Gasteiger partial charge in [-0.1, -0.05) is 30.0 Å². The van der Waals surface area contributed by atoms with E-state index in [0.717, 1.165) is 24.3 Å². The first-order valence-corrected chi connectivity index (χ1v) is 12.4. The minimum Gasteiger partial charge on any atom is -0.494 e. The monoisotopic (exact) mass is 532 g/mol. The molecule has 0 aromatic heterocycles. The van der Waals surface area contributed by atoms with Gasteiger partial charge in [-0.15, -0.1) is 0 Å². The highest BCUT2D eigenvalue weighted by molar-refractivity contribution is 5.97. The molecule has 0 saturated carbocycles. The van der Waals surface area contributed by atoms with Gasteiger partial charge in [-0.25, -0.2) is 4.39 Å². The molecule has 200 valence electrons. The van der Waals surface area contributed by atoms with E-state index in [4.69, 9.17) is 14.2 Å². The van der Waals surface area contributed by atoms with E-state index in [1.807, 2.05) is 30.3 Å². The Hall–Kier alpha value is -4.42. The Bertz CT molecular complexity index is 1450. The molecule has 2 heterocycles. The number of morpholine rings is 1. The lowest BCUT2D eigenvalue weighted by Crippen LogP contribution is -2.53. The molecule has 0 unspecified atom stereocenters. The Balaban J connectivity index is 1.32. The van der Waals surface area contributed by atoms with Crippen LogP contribution in [0.3, 0.4) is 0 Å². The summed E-state index contributed by atoms with van der Waals surface area (Å²) in [6.07, 6.45) is -0.435. The second-order valence-electron chi connectivity index (χ2n) is 9.17. The van der Waals surface area contributed by atoms with Gasteiger partial charge in [0, 0.05) is 36.3 Å². The van der Waals surface area contributed by atoms with Crippen molar-refractivity contribution in [3.05, 3.63) is 94.6 Å². The molecule has 0 N–H and O–H groups in total. The highest BCUT2D eigenvalue weighted by Gasteiger charge is 2.44. The number of rotatable bonds is 4. The summed E-state index contributed by atoms with van der Waals surface area (Å²) in [6.45, 7) is 0.951. The molecule has 7 nitrogen and oxygen atoms in total. The average Bonchev–Trinajstić information content (AvgIpc) is 3.41. The lowest BCUT2D eigenvalue weighted by atomic mass is 10.1. The minimum atomic E-state index is -1.11. The molecule has 39 heavy (non-hydrogen) atoms. The van der Waals surface area contributed by atoms with Gasteiger partial charge < -0.3 is 24.0 Å². The van der Waals surface area contributed by atoms with Gasteiger partial charge in [0.1, 0.15) is 0 Å². The molecule has 2 aliphatic heterocycles. The van der Waals surface area contributed by atoms with Gasteiger partial charge in [0.2, 0.25) is 5.82 Å². The summed E-state index contributed by atoms with van der Waals surface area (Å²) >= 11 is 0. The van der Waals surface area contributed by atoms with Crippen LogP contribution in [0, 0.1) is 23.5 Å². The van der Waals surface area contributed by atoms with E-state index in [1.54, 1.807) is 29.2 Å². The zero-order valence-corrected chi connectivity index (χ0v) is 21.4. The maximum atomic E-state index is 15.0. The van der Waals surface area contributed by atoms with Crippen LogP contribution in [-0.2, 0) is 4.74 Å². The molecular formula is C30H26F2N2O5. The van der Waals surface area contributed by atoms with Crippen molar-refractivity contribution >= 4 is 11.8 Å². The van der Waals surface area contributed by atoms with Gasteiger partial charge in [0.05, 0.1) is 38.5 Å². The maximum absolute atomic E-state index is 15.0. The molecule has 2 saturated heterocycles. The molecule has 2 amide bonds. The smallest absolute Gasteiger partial charge is 0.257 e. The summed E-state index contributed by atoms with van der Waals surface area (Å²) in [5.74, 6) is 2.18. The van der Waals surface area contributed by atoms with Crippen molar-refractivity contribution in [2.24, 2.45) is 0 Å². The van der Waals surface area contributed by atoms with Crippen molar-refractivity contribution in [1.82, 2.24) is 9.80 Å². The Morgan fingerprint density at radius 1 is 0.897 bits per heavy atom. The van der Waals surface area contributed by atoms with Crippen molar-refractivity contribution < 1.29 is 32.6 Å². The third kappa shape index (κ3) is 5.16. The van der Waals surface area contributed by atoms with E-state index in [2.05, 4.69) is 11.8 Å². The number of hydrogen-bond donors (Lipinski definition) is 0. The molecule has 2 aliphatic rings. The first-order valence-electron chi connectivity index (χ1n) is 12.4. The second-order valence-corrected chi connectivity index (χ2v) is 9.17. The van der Waals surface area contributed by atoms with E-state index in [0.29, 0.717) is 18.7 Å². The summed E-state index contributed by atoms with van der Waals surface area (Å²) < 4.78 is 45.0. The molecule has 0 bridgehead atoms. The normalized spacial score (nSPS) is 18.2. The van der Waals surface area contributed by atoms with E-state index < -0.39 is 35.4 Å². The number of halogens is 2. The van der Waals surface area contributed by atoms with Crippen LogP contribution in [0.2, 0.25) is 0 Å². The molecule has 9 heteroatoms. The zero-order valence-electron chi connectivity index (χ0n) is 21.4. The first kappa shape index (κ1) is 26.2. The fourth-order valence-electron chi connectivity index (χ4n) is 4.88. The summed E-state index contributed by atoms with van der Waals surface area (Å²) in [4.78, 5) is 29.8. The topological polar surface area (TPSA) is 68.3 Å². The van der Waals surface area contributed by atoms with Crippen LogP contribution in [0.1, 0.15) is 31.8 Å². The predicted octanol–water partition coefficient (Wildman–Crippen LogP) is 3.75. The van der Waals surface area contributed by atoms with E-state index >= 15 is 0 Å². The molecular weight excluding hydrogens is 506 g/mol. The lowest BCUT2D eigenvalue weighted by Gasteiger charge is -2.36. The van der Waals surface area contributed by atoms with Gasteiger partial charge in [0.15, 0.2) is 17.3 Å². The zero-order chi connectivity index (χ0) is 27.5. The van der Waals surface area contributed by atoms with Gasteiger partial charge in [-0.2, -0.15) is 4.39 Å². The minimum absolute atomic E-state index is 0.136. The molecule has 5 rings (SSSR count). The lowest BCUT2D eigenvalue weighted by molar-refractivity contribution is -0.0369. The Kier molecular flexibility index (Phi) is 7.48. The molecule has 0 aliphatic carbocycles. The number of benzene rings is 3. The standard InChI is InChI=1S/C30H26F2N2O5/c1-37-24-16-22(26(31)28(38-2)27(24)32)30(36)33-17-23-25(18-33)39-15-14-34(23)29(35)21-12-10-20(11-13-21)9-8-19-6-4-3-5-7-19/h3-7,10-13,16,23,25H,14-15,17-18H2,1-2H3/t23-,25+/m0/s1. The van der Waals surface area contributed by atoms with Crippen molar-refractivity contribution in [2.45, 2.75) is 12.1 Å². The largest absolute Gasteiger partial charge is 0.494 e. The summed E-state index contributed by atoms with van der Waals surface area (Å²) in [6, 6.07) is 17.3. The molecule has 0 radical (unpaired) electrons. The van der Waals surface area contributed by atoms with E-state index in [1.165, 1.54) is 12.0 Å². The Labute approximate surface area is 224 Å². The third-order valence-electron chi connectivity index (χ3n) is 6.89. The second kappa shape index (κ2) is 11.1. The van der Waals surface area contributed by atoms with E-state index in [9.17, 15) is 18.4 Å². The van der Waals surface area contributed by atoms with Crippen LogP contribution in [0.4, 0.5) is 8.78 Å². The number of hydrogen-bond acceptors (Lipinski definition) is 5. The van der Waals surface area contributed by atoms with Crippen molar-refractivity contribution in [2.75, 3.05) is 40.5 Å². The Morgan fingerprint density at radius 2 is 1.59 bits per heavy atom. The third-order valence-corrected chi connectivity index (χ3v) is 6.89. The van der Waals surface area contributed by atoms with Crippen LogP contribution in [0.15, 0.2) is 60.7 Å². The predicted molar refractivity (Wildman–Crippen MR) is 139 cm³/mol. The molecule has 2 fully saturated rings. The fraction of sp³-hybridized carbons (Fsp3) is 0.267. The average molecular weight is 533 g/mol. The maximum Gasteiger partial charge on any atom is 0.257 e. The molecule has 3 aromatic carbocycles. The van der Waals surface area contributed by atoms with Gasteiger partial charge in [0.25, 0.3) is 11.8 Å². The Morgan fingerprint density at radius 3 is 2.26 bits per heavy atom. The van der Waals surface area contributed by atoms with Crippen molar-refractivity contribution in [3.63, 3.8) is 0 Å². The summed E-state index contributed by atoms with van der Waals surface area (Å²) in [5.41, 5.74) is 1.79. The number of carbonyl (C=O) groups is 2. The van der Waals surface area contributed by atoms with Crippen LogP contribution in [0.5, 0.6) is 11.5 Å². The number of carbonyl (C=O) groups excluding carboxylic acids is 2. The van der Waals surface area contributed by atoms with Gasteiger partial charge >= 0.3 is 0 Å². The van der Waals surface area contributed by atoms with Gasteiger partial charge in [-0.05, 0) is 42.5 Å². The number of amides is 2. The number of nitrogens with zero attached hydrogens (tertiary/aromatic N) is 2.